The second-order valence-corrected chi connectivity index (χ2v) is 3.06. The zero-order valence-corrected chi connectivity index (χ0v) is 7.49. The molecule has 0 bridgehead atoms. The van der Waals surface area contributed by atoms with Crippen LogP contribution in [0.1, 0.15) is 20.7 Å². The Kier molecular flexibility index (Phi) is 1.97. The number of benzene rings is 1. The van der Waals surface area contributed by atoms with Crippen molar-refractivity contribution >= 4 is 23.5 Å². The average Bonchev–Trinajstić information content (AvgIpc) is 2.47. The molecule has 1 aliphatic rings. The SMILES string of the molecule is O=C1OC(=O)c2c(F)c(Cl)c(F)c(F)c21. The van der Waals surface area contributed by atoms with E-state index in [-0.39, 0.29) is 0 Å². The summed E-state index contributed by atoms with van der Waals surface area (Å²) in [5, 5.41) is -1.18. The van der Waals surface area contributed by atoms with Gasteiger partial charge in [-0.05, 0) is 0 Å². The summed E-state index contributed by atoms with van der Waals surface area (Å²) < 4.78 is 43.1. The Labute approximate surface area is 85.4 Å². The minimum absolute atomic E-state index is 0.969. The molecule has 15 heavy (non-hydrogen) atoms. The first-order valence-electron chi connectivity index (χ1n) is 3.57. The number of carbonyl (C=O) groups excluding carboxylic acids is 2. The molecule has 0 amide bonds. The van der Waals surface area contributed by atoms with E-state index in [1.165, 1.54) is 0 Å². The van der Waals surface area contributed by atoms with Gasteiger partial charge in [0, 0.05) is 0 Å². The van der Waals surface area contributed by atoms with Gasteiger partial charge in [0.25, 0.3) is 0 Å². The lowest BCUT2D eigenvalue weighted by Crippen LogP contribution is -2.04. The molecule has 1 heterocycles. The lowest BCUT2D eigenvalue weighted by molar-refractivity contribution is 0.0440. The lowest BCUT2D eigenvalue weighted by atomic mass is 10.1. The van der Waals surface area contributed by atoms with Crippen LogP contribution in [0, 0.1) is 17.5 Å². The number of esters is 2. The molecule has 0 spiro atoms. The first-order chi connectivity index (χ1) is 6.95. The Balaban J connectivity index is 2.92. The molecule has 0 aliphatic carbocycles. The van der Waals surface area contributed by atoms with Crippen molar-refractivity contribution in [3.05, 3.63) is 33.6 Å². The Morgan fingerprint density at radius 3 is 1.87 bits per heavy atom. The van der Waals surface area contributed by atoms with Crippen molar-refractivity contribution < 1.29 is 27.5 Å². The molecule has 0 saturated heterocycles. The van der Waals surface area contributed by atoms with Gasteiger partial charge >= 0.3 is 11.9 Å². The quantitative estimate of drug-likeness (QED) is 0.300. The predicted octanol–water partition coefficient (Wildman–Crippen LogP) is 2.07. The molecule has 78 valence electrons. The number of ether oxygens (including phenoxy) is 1. The highest BCUT2D eigenvalue weighted by molar-refractivity contribution is 6.32. The third-order valence-corrected chi connectivity index (χ3v) is 2.19. The van der Waals surface area contributed by atoms with Gasteiger partial charge in [-0.3, -0.25) is 0 Å². The zero-order valence-electron chi connectivity index (χ0n) is 6.74. The van der Waals surface area contributed by atoms with Crippen LogP contribution in [-0.4, -0.2) is 11.9 Å². The van der Waals surface area contributed by atoms with E-state index in [0.29, 0.717) is 0 Å². The number of fused-ring (bicyclic) bond motifs is 1. The van der Waals surface area contributed by atoms with Gasteiger partial charge in [-0.2, -0.15) is 0 Å². The summed E-state index contributed by atoms with van der Waals surface area (Å²) in [7, 11) is 0. The summed E-state index contributed by atoms with van der Waals surface area (Å²) >= 11 is 5.07. The van der Waals surface area contributed by atoms with E-state index in [1.54, 1.807) is 0 Å². The topological polar surface area (TPSA) is 43.4 Å². The Hall–Kier alpha value is -1.56. The van der Waals surface area contributed by atoms with Gasteiger partial charge in [-0.25, -0.2) is 22.8 Å². The summed E-state index contributed by atoms with van der Waals surface area (Å²) in [4.78, 5) is 21.7. The lowest BCUT2D eigenvalue weighted by Gasteiger charge is -2.01. The van der Waals surface area contributed by atoms with Crippen molar-refractivity contribution in [3.8, 4) is 0 Å². The van der Waals surface area contributed by atoms with Gasteiger partial charge in [-0.1, -0.05) is 11.6 Å². The first-order valence-corrected chi connectivity index (χ1v) is 3.95. The van der Waals surface area contributed by atoms with Crippen LogP contribution in [-0.2, 0) is 4.74 Å². The van der Waals surface area contributed by atoms with Gasteiger partial charge in [0.1, 0.15) is 16.1 Å². The van der Waals surface area contributed by atoms with E-state index < -0.39 is 45.5 Å². The van der Waals surface area contributed by atoms with Crippen LogP contribution in [0.3, 0.4) is 0 Å². The molecule has 3 nitrogen and oxygen atoms in total. The number of rotatable bonds is 0. The number of hydrogen-bond acceptors (Lipinski definition) is 3. The van der Waals surface area contributed by atoms with Crippen LogP contribution in [0.2, 0.25) is 5.02 Å². The monoisotopic (exact) mass is 236 g/mol. The van der Waals surface area contributed by atoms with E-state index in [0.717, 1.165) is 0 Å². The molecular weight excluding hydrogens is 237 g/mol. The maximum Gasteiger partial charge on any atom is 0.350 e. The molecule has 0 atom stereocenters. The maximum atomic E-state index is 13.2. The molecule has 0 aromatic heterocycles. The Morgan fingerprint density at radius 1 is 0.867 bits per heavy atom. The van der Waals surface area contributed by atoms with Crippen molar-refractivity contribution in [2.75, 3.05) is 0 Å². The van der Waals surface area contributed by atoms with Crippen molar-refractivity contribution in [3.63, 3.8) is 0 Å². The number of carbonyl (C=O) groups is 2. The highest BCUT2D eigenvalue weighted by Crippen LogP contribution is 2.32. The molecule has 1 aromatic rings. The van der Waals surface area contributed by atoms with E-state index in [9.17, 15) is 22.8 Å². The smallest absolute Gasteiger partial charge is 0.350 e. The van der Waals surface area contributed by atoms with Gasteiger partial charge in [-0.15, -0.1) is 0 Å². The van der Waals surface area contributed by atoms with Crippen LogP contribution in [0.5, 0.6) is 0 Å². The van der Waals surface area contributed by atoms with Crippen molar-refractivity contribution in [1.82, 2.24) is 0 Å². The summed E-state index contributed by atoms with van der Waals surface area (Å²) in [5.41, 5.74) is -2.02. The minimum Gasteiger partial charge on any atom is -0.385 e. The highest BCUT2D eigenvalue weighted by atomic mass is 35.5. The molecule has 0 N–H and O–H groups in total. The van der Waals surface area contributed by atoms with E-state index in [4.69, 9.17) is 11.6 Å². The number of hydrogen-bond donors (Lipinski definition) is 0. The summed E-state index contributed by atoms with van der Waals surface area (Å²) in [6.07, 6.45) is 0. The first kappa shape index (κ1) is 9.97. The van der Waals surface area contributed by atoms with Crippen molar-refractivity contribution in [1.29, 1.82) is 0 Å². The van der Waals surface area contributed by atoms with E-state index in [2.05, 4.69) is 4.74 Å². The molecule has 0 saturated carbocycles. The molecule has 0 radical (unpaired) electrons. The molecule has 0 unspecified atom stereocenters. The fourth-order valence-corrected chi connectivity index (χ4v) is 1.38. The van der Waals surface area contributed by atoms with Crippen LogP contribution in [0.4, 0.5) is 13.2 Å². The molecular formula is C8ClF3O3. The van der Waals surface area contributed by atoms with Crippen molar-refractivity contribution in [2.24, 2.45) is 0 Å². The Bertz CT molecular complexity index is 468. The molecule has 7 heteroatoms. The number of halogens is 4. The van der Waals surface area contributed by atoms with Crippen LogP contribution in [0.25, 0.3) is 0 Å². The molecule has 0 fully saturated rings. The maximum absolute atomic E-state index is 13.2. The van der Waals surface area contributed by atoms with Gasteiger partial charge < -0.3 is 4.74 Å². The summed E-state index contributed by atoms with van der Waals surface area (Å²) in [5.74, 6) is -7.72. The second kappa shape index (κ2) is 2.96. The normalized spacial score (nSPS) is 14.1. The fraction of sp³-hybridized carbons (Fsp3) is 0. The van der Waals surface area contributed by atoms with Crippen LogP contribution < -0.4 is 0 Å². The molecule has 2 rings (SSSR count). The standard InChI is InChI=1S/C8ClF3O3/c9-3-4(10)1-2(5(11)6(3)12)8(14)15-7(1)13. The average molecular weight is 237 g/mol. The number of cyclic esters (lactones) is 2. The minimum atomic E-state index is -1.72. The predicted molar refractivity (Wildman–Crippen MR) is 41.1 cm³/mol. The van der Waals surface area contributed by atoms with Crippen LogP contribution >= 0.6 is 11.6 Å². The van der Waals surface area contributed by atoms with Gasteiger partial charge in [0.15, 0.2) is 17.5 Å². The largest absolute Gasteiger partial charge is 0.385 e. The van der Waals surface area contributed by atoms with Crippen LogP contribution in [0.15, 0.2) is 0 Å². The zero-order chi connectivity index (χ0) is 11.3. The van der Waals surface area contributed by atoms with Crippen molar-refractivity contribution in [2.45, 2.75) is 0 Å². The molecule has 1 aliphatic heterocycles. The highest BCUT2D eigenvalue weighted by Gasteiger charge is 2.39. The molecule has 1 aromatic carbocycles. The van der Waals surface area contributed by atoms with Gasteiger partial charge in [0.05, 0.1) is 0 Å². The third kappa shape index (κ3) is 1.14. The van der Waals surface area contributed by atoms with E-state index >= 15 is 0 Å². The summed E-state index contributed by atoms with van der Waals surface area (Å²) in [6.45, 7) is 0. The fourth-order valence-electron chi connectivity index (χ4n) is 1.20. The Morgan fingerprint density at radius 2 is 1.33 bits per heavy atom. The third-order valence-electron chi connectivity index (χ3n) is 1.86. The second-order valence-electron chi connectivity index (χ2n) is 2.68. The summed E-state index contributed by atoms with van der Waals surface area (Å²) in [6, 6.07) is 0. The van der Waals surface area contributed by atoms with Gasteiger partial charge in [0.2, 0.25) is 0 Å². The van der Waals surface area contributed by atoms with E-state index in [1.807, 2.05) is 0 Å².